The number of hydrogen-bond donors (Lipinski definition) is 0. The Bertz CT molecular complexity index is 871. The summed E-state index contributed by atoms with van der Waals surface area (Å²) in [6.07, 6.45) is 1.95. The maximum Gasteiger partial charge on any atom is 0.277 e. The van der Waals surface area contributed by atoms with Crippen molar-refractivity contribution in [2.45, 2.75) is 20.8 Å². The molecule has 1 amide bonds. The molecule has 0 aliphatic rings. The molecule has 0 atom stereocenters. The molecular weight excluding hydrogens is 354 g/mol. The van der Waals surface area contributed by atoms with Gasteiger partial charge >= 0.3 is 0 Å². The van der Waals surface area contributed by atoms with Crippen molar-refractivity contribution in [3.05, 3.63) is 64.0 Å². The van der Waals surface area contributed by atoms with Gasteiger partial charge < -0.3 is 4.90 Å². The summed E-state index contributed by atoms with van der Waals surface area (Å²) in [5.74, 6) is -0.0406. The first-order valence-electron chi connectivity index (χ1n) is 7.54. The predicted molar refractivity (Wildman–Crippen MR) is 96.2 cm³/mol. The quantitative estimate of drug-likeness (QED) is 0.684. The molecule has 4 nitrogen and oxygen atoms in total. The van der Waals surface area contributed by atoms with Crippen LogP contribution in [-0.2, 0) is 0 Å². The Morgan fingerprint density at radius 1 is 1.26 bits per heavy atom. The third-order valence-electron chi connectivity index (χ3n) is 3.82. The summed E-state index contributed by atoms with van der Waals surface area (Å²) >= 11 is 3.54. The first kappa shape index (κ1) is 15.7. The number of amides is 1. The van der Waals surface area contributed by atoms with Crippen LogP contribution in [0.1, 0.15) is 28.7 Å². The van der Waals surface area contributed by atoms with Crippen LogP contribution in [0.3, 0.4) is 0 Å². The lowest BCUT2D eigenvalue weighted by atomic mass is 10.2. The Morgan fingerprint density at radius 3 is 2.61 bits per heavy atom. The van der Waals surface area contributed by atoms with Gasteiger partial charge in [-0.3, -0.25) is 9.20 Å². The zero-order valence-electron chi connectivity index (χ0n) is 13.4. The number of carbonyl (C=O) groups excluding carboxylic acids is 1. The van der Waals surface area contributed by atoms with Crippen LogP contribution in [-0.4, -0.2) is 21.8 Å². The fraction of sp³-hybridized carbons (Fsp3) is 0.222. The summed E-state index contributed by atoms with van der Waals surface area (Å²) in [4.78, 5) is 19.5. The Morgan fingerprint density at radius 2 is 1.96 bits per heavy atom. The number of benzene rings is 1. The Hall–Kier alpha value is -2.14. The molecule has 0 N–H and O–H groups in total. The lowest BCUT2D eigenvalue weighted by molar-refractivity contribution is 0.0982. The Balaban J connectivity index is 2.16. The van der Waals surface area contributed by atoms with Gasteiger partial charge in [0.2, 0.25) is 0 Å². The van der Waals surface area contributed by atoms with Gasteiger partial charge in [0.1, 0.15) is 5.69 Å². The fourth-order valence-corrected chi connectivity index (χ4v) is 3.42. The zero-order chi connectivity index (χ0) is 16.6. The van der Waals surface area contributed by atoms with E-state index in [2.05, 4.69) is 20.9 Å². The Labute approximate surface area is 143 Å². The number of rotatable bonds is 3. The molecule has 3 rings (SSSR count). The number of anilines is 1. The maximum absolute atomic E-state index is 13.1. The van der Waals surface area contributed by atoms with E-state index in [9.17, 15) is 4.79 Å². The van der Waals surface area contributed by atoms with E-state index in [1.54, 1.807) is 4.90 Å². The van der Waals surface area contributed by atoms with Gasteiger partial charge in [0.25, 0.3) is 5.91 Å². The second kappa shape index (κ2) is 6.16. The van der Waals surface area contributed by atoms with Crippen molar-refractivity contribution in [3.8, 4) is 0 Å². The van der Waals surface area contributed by atoms with Crippen molar-refractivity contribution in [1.82, 2.24) is 9.38 Å². The smallest absolute Gasteiger partial charge is 0.277 e. The topological polar surface area (TPSA) is 37.6 Å². The molecule has 0 saturated carbocycles. The van der Waals surface area contributed by atoms with E-state index in [-0.39, 0.29) is 5.91 Å². The minimum absolute atomic E-state index is 0.0406. The van der Waals surface area contributed by atoms with Crippen LogP contribution in [0.15, 0.2) is 47.1 Å². The molecule has 0 aliphatic carbocycles. The van der Waals surface area contributed by atoms with E-state index in [1.165, 1.54) is 0 Å². The number of aryl methyl sites for hydroxylation is 2. The summed E-state index contributed by atoms with van der Waals surface area (Å²) in [5.41, 5.74) is 4.06. The first-order chi connectivity index (χ1) is 11.0. The number of carbonyl (C=O) groups is 1. The number of imidazole rings is 1. The van der Waals surface area contributed by atoms with Gasteiger partial charge in [0, 0.05) is 18.4 Å². The van der Waals surface area contributed by atoms with Crippen LogP contribution >= 0.6 is 15.9 Å². The highest BCUT2D eigenvalue weighted by Gasteiger charge is 2.23. The van der Waals surface area contributed by atoms with E-state index < -0.39 is 0 Å². The molecule has 0 saturated heterocycles. The van der Waals surface area contributed by atoms with Crippen molar-refractivity contribution in [2.24, 2.45) is 0 Å². The van der Waals surface area contributed by atoms with Gasteiger partial charge in [-0.2, -0.15) is 0 Å². The van der Waals surface area contributed by atoms with Gasteiger partial charge in [-0.1, -0.05) is 18.2 Å². The second-order valence-electron chi connectivity index (χ2n) is 5.49. The largest absolute Gasteiger partial charge is 0.307 e. The third-order valence-corrected chi connectivity index (χ3v) is 4.40. The molecule has 3 aromatic rings. The highest BCUT2D eigenvalue weighted by atomic mass is 79.9. The normalized spacial score (nSPS) is 11.0. The minimum atomic E-state index is -0.0406. The number of aromatic nitrogens is 2. The third kappa shape index (κ3) is 2.77. The summed E-state index contributed by atoms with van der Waals surface area (Å²) in [7, 11) is 0. The number of para-hydroxylation sites is 1. The van der Waals surface area contributed by atoms with Gasteiger partial charge in [0.15, 0.2) is 5.65 Å². The SMILES string of the molecule is CCN(C(=O)c1c(C)nc2c(Br)cc(C)cn12)c1ccccc1. The molecule has 0 bridgehead atoms. The van der Waals surface area contributed by atoms with Gasteiger partial charge in [0.05, 0.1) is 10.2 Å². The van der Waals surface area contributed by atoms with Gasteiger partial charge in [-0.25, -0.2) is 4.98 Å². The van der Waals surface area contributed by atoms with Gasteiger partial charge in [-0.05, 0) is 60.5 Å². The summed E-state index contributed by atoms with van der Waals surface area (Å²) in [5, 5.41) is 0. The number of halogens is 1. The molecule has 118 valence electrons. The van der Waals surface area contributed by atoms with Gasteiger partial charge in [-0.15, -0.1) is 0 Å². The second-order valence-corrected chi connectivity index (χ2v) is 6.34. The van der Waals surface area contributed by atoms with Crippen LogP contribution in [0.4, 0.5) is 5.69 Å². The van der Waals surface area contributed by atoms with Crippen molar-refractivity contribution in [3.63, 3.8) is 0 Å². The number of pyridine rings is 1. The molecule has 2 heterocycles. The highest BCUT2D eigenvalue weighted by molar-refractivity contribution is 9.10. The van der Waals surface area contributed by atoms with Crippen LogP contribution in [0.25, 0.3) is 5.65 Å². The molecule has 0 fully saturated rings. The number of hydrogen-bond acceptors (Lipinski definition) is 2. The number of fused-ring (bicyclic) bond motifs is 1. The van der Waals surface area contributed by atoms with Crippen molar-refractivity contribution in [2.75, 3.05) is 11.4 Å². The van der Waals surface area contributed by atoms with E-state index in [0.717, 1.165) is 27.1 Å². The lowest BCUT2D eigenvalue weighted by Gasteiger charge is -2.21. The number of nitrogens with zero attached hydrogens (tertiary/aromatic N) is 3. The van der Waals surface area contributed by atoms with E-state index in [4.69, 9.17) is 0 Å². The molecule has 23 heavy (non-hydrogen) atoms. The van der Waals surface area contributed by atoms with E-state index in [1.807, 2.05) is 67.8 Å². The summed E-state index contributed by atoms with van der Waals surface area (Å²) in [6, 6.07) is 11.7. The predicted octanol–water partition coefficient (Wildman–Crippen LogP) is 4.38. The van der Waals surface area contributed by atoms with Crippen molar-refractivity contribution < 1.29 is 4.79 Å². The van der Waals surface area contributed by atoms with Crippen LogP contribution < -0.4 is 4.90 Å². The molecular formula is C18H18BrN3O. The summed E-state index contributed by atoms with van der Waals surface area (Å²) in [6.45, 7) is 6.45. The van der Waals surface area contributed by atoms with Crippen LogP contribution in [0.5, 0.6) is 0 Å². The Kier molecular flexibility index (Phi) is 4.22. The van der Waals surface area contributed by atoms with Crippen molar-refractivity contribution >= 4 is 33.2 Å². The van der Waals surface area contributed by atoms with E-state index in [0.29, 0.717) is 12.2 Å². The van der Waals surface area contributed by atoms with Crippen molar-refractivity contribution in [1.29, 1.82) is 0 Å². The summed E-state index contributed by atoms with van der Waals surface area (Å²) < 4.78 is 2.77. The molecule has 0 spiro atoms. The molecule has 2 aromatic heterocycles. The van der Waals surface area contributed by atoms with E-state index >= 15 is 0 Å². The molecule has 5 heteroatoms. The lowest BCUT2D eigenvalue weighted by Crippen LogP contribution is -2.32. The maximum atomic E-state index is 13.1. The van der Waals surface area contributed by atoms with Crippen LogP contribution in [0.2, 0.25) is 0 Å². The first-order valence-corrected chi connectivity index (χ1v) is 8.34. The molecule has 0 unspecified atom stereocenters. The average molecular weight is 372 g/mol. The minimum Gasteiger partial charge on any atom is -0.307 e. The monoisotopic (exact) mass is 371 g/mol. The molecule has 1 aromatic carbocycles. The van der Waals surface area contributed by atoms with Crippen LogP contribution in [0, 0.1) is 13.8 Å². The molecule has 0 radical (unpaired) electrons. The fourth-order valence-electron chi connectivity index (χ4n) is 2.78. The average Bonchev–Trinajstić information content (AvgIpc) is 2.85. The standard InChI is InChI=1S/C18H18BrN3O/c1-4-21(14-8-6-5-7-9-14)18(23)16-13(3)20-17-15(19)10-12(2)11-22(16)17/h5-11H,4H2,1-3H3. The molecule has 0 aliphatic heterocycles. The highest BCUT2D eigenvalue weighted by Crippen LogP contribution is 2.24. The zero-order valence-corrected chi connectivity index (χ0v) is 15.0.